The van der Waals surface area contributed by atoms with E-state index in [1.807, 2.05) is 0 Å². The maximum atomic E-state index is 12.6. The number of ether oxygens (including phenoxy) is 2. The zero-order valence-corrected chi connectivity index (χ0v) is 37.6. The second kappa shape index (κ2) is 42.1. The SMILES string of the molecule is CCCCCCCC/C=C/CCCCCCCC(=O)OC[C@H](COP(=O)([O-])OCC(O)CO)OC(=O)CCCCCCC/C=C/CCCCCCCC.[Na+]. The number of hydrogen-bond acceptors (Lipinski definition) is 10. The average Bonchev–Trinajstić information content (AvgIpc) is 3.14. The molecule has 3 atom stereocenters. The van der Waals surface area contributed by atoms with Crippen LogP contribution in [0.2, 0.25) is 0 Å². The molecule has 0 aliphatic carbocycles. The molecule has 0 aliphatic heterocycles. The van der Waals surface area contributed by atoms with E-state index >= 15 is 0 Å². The maximum Gasteiger partial charge on any atom is 1.00 e. The van der Waals surface area contributed by atoms with Crippen molar-refractivity contribution >= 4 is 19.8 Å². The van der Waals surface area contributed by atoms with Crippen molar-refractivity contribution in [1.82, 2.24) is 0 Å². The average molecular weight is 797 g/mol. The fourth-order valence-corrected chi connectivity index (χ4v) is 6.52. The third-order valence-corrected chi connectivity index (χ3v) is 10.00. The Labute approximate surface area is 351 Å². The van der Waals surface area contributed by atoms with E-state index in [0.29, 0.717) is 12.8 Å². The van der Waals surface area contributed by atoms with Crippen molar-refractivity contribution in [2.45, 2.75) is 206 Å². The van der Waals surface area contributed by atoms with Gasteiger partial charge in [0.2, 0.25) is 0 Å². The van der Waals surface area contributed by atoms with E-state index in [9.17, 15) is 24.2 Å². The molecule has 2 N–H and O–H groups in total. The first kappa shape index (κ1) is 55.5. The second-order valence-corrected chi connectivity index (χ2v) is 15.7. The van der Waals surface area contributed by atoms with Gasteiger partial charge in [-0.05, 0) is 64.2 Å². The fraction of sp³-hybridized carbons (Fsp3) is 0.857. The van der Waals surface area contributed by atoms with Gasteiger partial charge >= 0.3 is 41.5 Å². The molecular weight excluding hydrogens is 718 g/mol. The summed E-state index contributed by atoms with van der Waals surface area (Å²) in [4.78, 5) is 37.1. The van der Waals surface area contributed by atoms with Gasteiger partial charge in [-0.1, -0.05) is 141 Å². The molecule has 0 amide bonds. The number of rotatable bonds is 40. The van der Waals surface area contributed by atoms with Crippen LogP contribution in [0.3, 0.4) is 0 Å². The van der Waals surface area contributed by atoms with Gasteiger partial charge in [0.15, 0.2) is 6.10 Å². The molecule has 54 heavy (non-hydrogen) atoms. The standard InChI is InChI=1S/C42H79O10P.Na/c1-3-5-7-9-11-13-15-17-19-21-23-25-27-29-31-33-41(45)49-37-40(38-51-53(47,48)50-36-39(44)35-43)52-42(46)34-32-30-28-26-24-22-20-18-16-14-12-10-8-6-4-2;/h17-20,39-40,43-44H,3-16,21-38H2,1-2H3,(H,47,48);/q;+1/p-1/b19-17+,20-18+;/t39?,40-;/m1./s1. The van der Waals surface area contributed by atoms with Crippen LogP contribution in [-0.4, -0.2) is 60.8 Å². The molecule has 0 aromatic carbocycles. The van der Waals surface area contributed by atoms with Crippen LogP contribution in [0.5, 0.6) is 0 Å². The number of allylic oxidation sites excluding steroid dienone is 4. The Balaban J connectivity index is 0. The molecule has 0 aromatic rings. The van der Waals surface area contributed by atoms with Crippen LogP contribution in [0.4, 0.5) is 0 Å². The summed E-state index contributed by atoms with van der Waals surface area (Å²) in [6, 6.07) is 0. The summed E-state index contributed by atoms with van der Waals surface area (Å²) in [5, 5.41) is 18.3. The summed E-state index contributed by atoms with van der Waals surface area (Å²) < 4.78 is 32.3. The molecule has 312 valence electrons. The smallest absolute Gasteiger partial charge is 0.756 e. The van der Waals surface area contributed by atoms with Gasteiger partial charge in [0.05, 0.1) is 19.8 Å². The summed E-state index contributed by atoms with van der Waals surface area (Å²) in [6.07, 6.45) is 36.9. The monoisotopic (exact) mass is 797 g/mol. The topological polar surface area (TPSA) is 152 Å². The Hall–Kier alpha value is -0.550. The van der Waals surface area contributed by atoms with Crippen LogP contribution in [-0.2, 0) is 32.7 Å². The Bertz CT molecular complexity index is 948. The van der Waals surface area contributed by atoms with E-state index in [-0.39, 0.29) is 49.0 Å². The number of phosphoric acid groups is 1. The third-order valence-electron chi connectivity index (χ3n) is 9.07. The number of esters is 2. The number of carbonyl (C=O) groups is 2. The van der Waals surface area contributed by atoms with Crippen LogP contribution in [0.15, 0.2) is 24.3 Å². The minimum atomic E-state index is -4.87. The number of unbranched alkanes of at least 4 members (excludes halogenated alkanes) is 22. The van der Waals surface area contributed by atoms with Gasteiger partial charge in [0.25, 0.3) is 7.82 Å². The van der Waals surface area contributed by atoms with E-state index in [1.165, 1.54) is 77.0 Å². The van der Waals surface area contributed by atoms with Gasteiger partial charge in [-0.3, -0.25) is 14.2 Å². The normalized spacial score (nSPS) is 13.9. The Morgan fingerprint density at radius 2 is 0.944 bits per heavy atom. The van der Waals surface area contributed by atoms with Crippen LogP contribution in [0, 0.1) is 0 Å². The number of aliphatic hydroxyl groups excluding tert-OH is 2. The first-order chi connectivity index (χ1) is 25.7. The molecule has 0 saturated heterocycles. The van der Waals surface area contributed by atoms with E-state index in [1.54, 1.807) is 0 Å². The Kier molecular flexibility index (Phi) is 43.3. The first-order valence-electron chi connectivity index (χ1n) is 21.3. The molecule has 0 heterocycles. The van der Waals surface area contributed by atoms with Gasteiger partial charge < -0.3 is 33.6 Å². The minimum Gasteiger partial charge on any atom is -0.756 e. The third kappa shape index (κ3) is 41.1. The predicted octanol–water partition coefficient (Wildman–Crippen LogP) is 7.38. The van der Waals surface area contributed by atoms with Crippen molar-refractivity contribution in [2.75, 3.05) is 26.4 Å². The largest absolute Gasteiger partial charge is 1.00 e. The molecule has 0 aromatic heterocycles. The van der Waals surface area contributed by atoms with Crippen LogP contribution in [0.1, 0.15) is 194 Å². The van der Waals surface area contributed by atoms with Gasteiger partial charge in [-0.2, -0.15) is 0 Å². The van der Waals surface area contributed by atoms with Crippen LogP contribution in [0.25, 0.3) is 0 Å². The van der Waals surface area contributed by atoms with Gasteiger partial charge in [0.1, 0.15) is 12.7 Å². The summed E-state index contributed by atoms with van der Waals surface area (Å²) in [5.41, 5.74) is 0. The molecule has 0 radical (unpaired) electrons. The number of carbonyl (C=O) groups excluding carboxylic acids is 2. The first-order valence-corrected chi connectivity index (χ1v) is 22.7. The maximum absolute atomic E-state index is 12.6. The van der Waals surface area contributed by atoms with Crippen molar-refractivity contribution in [1.29, 1.82) is 0 Å². The van der Waals surface area contributed by atoms with Gasteiger partial charge in [-0.15, -0.1) is 0 Å². The zero-order valence-electron chi connectivity index (χ0n) is 34.7. The van der Waals surface area contributed by atoms with E-state index in [4.69, 9.17) is 19.1 Å². The Morgan fingerprint density at radius 1 is 0.574 bits per heavy atom. The predicted molar refractivity (Wildman–Crippen MR) is 212 cm³/mol. The molecular formula is C42H78NaO10P. The minimum absolute atomic E-state index is 0. The molecule has 0 aliphatic rings. The van der Waals surface area contributed by atoms with Crippen LogP contribution < -0.4 is 34.5 Å². The van der Waals surface area contributed by atoms with Crippen molar-refractivity contribution < 1.29 is 77.3 Å². The zero-order chi connectivity index (χ0) is 39.1. The molecule has 0 bridgehead atoms. The van der Waals surface area contributed by atoms with E-state index in [2.05, 4.69) is 42.7 Å². The van der Waals surface area contributed by atoms with Gasteiger partial charge in [-0.25, -0.2) is 0 Å². The van der Waals surface area contributed by atoms with E-state index in [0.717, 1.165) is 77.0 Å². The van der Waals surface area contributed by atoms with Crippen molar-refractivity contribution in [3.8, 4) is 0 Å². The molecule has 10 nitrogen and oxygen atoms in total. The summed E-state index contributed by atoms with van der Waals surface area (Å²) in [7, 11) is -4.87. The summed E-state index contributed by atoms with van der Waals surface area (Å²) >= 11 is 0. The van der Waals surface area contributed by atoms with Crippen LogP contribution >= 0.6 is 7.82 Å². The number of hydrogen-bond donors (Lipinski definition) is 2. The molecule has 0 saturated carbocycles. The van der Waals surface area contributed by atoms with E-state index < -0.39 is 51.8 Å². The quantitative estimate of drug-likeness (QED) is 0.0211. The molecule has 0 rings (SSSR count). The second-order valence-electron chi connectivity index (χ2n) is 14.3. The number of aliphatic hydroxyl groups is 2. The molecule has 0 spiro atoms. The molecule has 0 fully saturated rings. The van der Waals surface area contributed by atoms with Crippen molar-refractivity contribution in [3.63, 3.8) is 0 Å². The summed E-state index contributed by atoms with van der Waals surface area (Å²) in [6.45, 7) is 2.17. The van der Waals surface area contributed by atoms with Crippen molar-refractivity contribution in [3.05, 3.63) is 24.3 Å². The molecule has 12 heteroatoms. The van der Waals surface area contributed by atoms with Gasteiger partial charge in [0, 0.05) is 12.8 Å². The molecule has 2 unspecified atom stereocenters. The number of phosphoric ester groups is 1. The van der Waals surface area contributed by atoms with Crippen molar-refractivity contribution in [2.24, 2.45) is 0 Å². The fourth-order valence-electron chi connectivity index (χ4n) is 5.74. The Morgan fingerprint density at radius 3 is 1.37 bits per heavy atom. The summed E-state index contributed by atoms with van der Waals surface area (Å²) in [5.74, 6) is -0.976.